The van der Waals surface area contributed by atoms with E-state index in [4.69, 9.17) is 5.14 Å². The highest BCUT2D eigenvalue weighted by Crippen LogP contribution is 2.18. The smallest absolute Gasteiger partial charge is 0.261 e. The standard InChI is InChI=1S/C20H17N5O4S/c1-12-17-18(26)16(11-22-19(17)25(24-12)14-5-3-2-4-6-14)20(27)23-13-7-9-15(10-8-13)30(21,28)29/h2-11H,1H3,(H,22,26)(H,23,27)(H2,21,28,29). The van der Waals surface area contributed by atoms with Crippen LogP contribution in [0, 0.1) is 6.92 Å². The maximum Gasteiger partial charge on any atom is 0.261 e. The molecule has 0 radical (unpaired) electrons. The van der Waals surface area contributed by atoms with Gasteiger partial charge in [0, 0.05) is 11.9 Å². The summed E-state index contributed by atoms with van der Waals surface area (Å²) in [6.07, 6.45) is 1.33. The Morgan fingerprint density at radius 3 is 2.40 bits per heavy atom. The number of aryl methyl sites for hydroxylation is 1. The quantitative estimate of drug-likeness (QED) is 0.460. The van der Waals surface area contributed by atoms with Crippen molar-refractivity contribution in [3.63, 3.8) is 0 Å². The van der Waals surface area contributed by atoms with Crippen molar-refractivity contribution in [2.75, 3.05) is 5.32 Å². The zero-order valence-electron chi connectivity index (χ0n) is 15.8. The predicted octanol–water partition coefficient (Wildman–Crippen LogP) is 1.92. The summed E-state index contributed by atoms with van der Waals surface area (Å²) in [5, 5.41) is 12.4. The molecule has 10 heteroatoms. The molecule has 30 heavy (non-hydrogen) atoms. The lowest BCUT2D eigenvalue weighted by molar-refractivity contribution is 0.102. The summed E-state index contributed by atoms with van der Waals surface area (Å²) in [4.78, 5) is 28.5. The topological polar surface area (TPSA) is 140 Å². The Bertz CT molecular complexity index is 1420. The molecule has 0 aliphatic rings. The Morgan fingerprint density at radius 1 is 1.10 bits per heavy atom. The van der Waals surface area contributed by atoms with Crippen molar-refractivity contribution in [2.24, 2.45) is 5.14 Å². The van der Waals surface area contributed by atoms with E-state index >= 15 is 0 Å². The van der Waals surface area contributed by atoms with E-state index in [2.05, 4.69) is 15.4 Å². The predicted molar refractivity (Wildman–Crippen MR) is 112 cm³/mol. The second kappa shape index (κ2) is 7.25. The first kappa shape index (κ1) is 19.6. The van der Waals surface area contributed by atoms with E-state index in [-0.39, 0.29) is 10.5 Å². The number of H-pyrrole nitrogens is 1. The summed E-state index contributed by atoms with van der Waals surface area (Å²) in [6.45, 7) is 1.70. The van der Waals surface area contributed by atoms with Gasteiger partial charge in [-0.05, 0) is 43.3 Å². The van der Waals surface area contributed by atoms with Crippen molar-refractivity contribution in [3.05, 3.63) is 82.3 Å². The Labute approximate surface area is 171 Å². The first-order chi connectivity index (χ1) is 14.3. The number of rotatable bonds is 4. The summed E-state index contributed by atoms with van der Waals surface area (Å²) in [5.74, 6) is -0.631. The zero-order valence-corrected chi connectivity index (χ0v) is 16.6. The van der Waals surface area contributed by atoms with Crippen LogP contribution in [-0.4, -0.2) is 29.1 Å². The SMILES string of the molecule is Cc1nn(-c2ccccc2)c2[nH]cc(C(=O)Nc3ccc(S(N)(=O)=O)cc3)c(=O)c12. The van der Waals surface area contributed by atoms with Gasteiger partial charge in [-0.2, -0.15) is 5.10 Å². The highest BCUT2D eigenvalue weighted by Gasteiger charge is 2.19. The number of aromatic amines is 1. The number of para-hydroxylation sites is 1. The molecule has 0 spiro atoms. The van der Waals surface area contributed by atoms with Gasteiger partial charge in [-0.1, -0.05) is 18.2 Å². The molecule has 4 rings (SSSR count). The monoisotopic (exact) mass is 423 g/mol. The lowest BCUT2D eigenvalue weighted by atomic mass is 10.1. The number of amides is 1. The second-order valence-corrected chi connectivity index (χ2v) is 8.17. The van der Waals surface area contributed by atoms with Crippen molar-refractivity contribution in [2.45, 2.75) is 11.8 Å². The number of primary sulfonamides is 1. The molecule has 0 atom stereocenters. The average molecular weight is 423 g/mol. The molecule has 0 unspecified atom stereocenters. The van der Waals surface area contributed by atoms with Gasteiger partial charge in [0.25, 0.3) is 5.91 Å². The number of benzene rings is 2. The van der Waals surface area contributed by atoms with E-state index in [1.54, 1.807) is 11.6 Å². The molecule has 2 aromatic heterocycles. The molecular weight excluding hydrogens is 406 g/mol. The number of fused-ring (bicyclic) bond motifs is 1. The van der Waals surface area contributed by atoms with Crippen LogP contribution in [0.1, 0.15) is 16.1 Å². The molecule has 2 heterocycles. The second-order valence-electron chi connectivity index (χ2n) is 6.61. The Kier molecular flexibility index (Phi) is 4.72. The first-order valence-corrected chi connectivity index (χ1v) is 10.4. The van der Waals surface area contributed by atoms with Crippen LogP contribution in [0.4, 0.5) is 5.69 Å². The van der Waals surface area contributed by atoms with Gasteiger partial charge in [0.15, 0.2) is 0 Å². The van der Waals surface area contributed by atoms with E-state index in [0.717, 1.165) is 5.69 Å². The fourth-order valence-electron chi connectivity index (χ4n) is 3.12. The molecule has 4 N–H and O–H groups in total. The summed E-state index contributed by atoms with van der Waals surface area (Å²) < 4.78 is 24.3. The van der Waals surface area contributed by atoms with Crippen molar-refractivity contribution in [1.82, 2.24) is 14.8 Å². The molecule has 1 amide bonds. The van der Waals surface area contributed by atoms with Crippen LogP contribution in [0.5, 0.6) is 0 Å². The Hall–Kier alpha value is -3.76. The summed E-state index contributed by atoms with van der Waals surface area (Å²) in [6, 6.07) is 14.6. The normalized spacial score (nSPS) is 11.5. The zero-order chi connectivity index (χ0) is 21.5. The minimum absolute atomic E-state index is 0.0799. The number of anilines is 1. The van der Waals surface area contributed by atoms with E-state index in [0.29, 0.717) is 22.4 Å². The van der Waals surface area contributed by atoms with Crippen LogP contribution in [0.3, 0.4) is 0 Å². The lowest BCUT2D eigenvalue weighted by Crippen LogP contribution is -2.22. The van der Waals surface area contributed by atoms with Gasteiger partial charge in [0.05, 0.1) is 21.7 Å². The number of nitrogens with two attached hydrogens (primary N) is 1. The lowest BCUT2D eigenvalue weighted by Gasteiger charge is -2.07. The number of carbonyl (C=O) groups excluding carboxylic acids is 1. The largest absolute Gasteiger partial charge is 0.345 e. The average Bonchev–Trinajstić information content (AvgIpc) is 3.06. The van der Waals surface area contributed by atoms with Gasteiger partial charge >= 0.3 is 0 Å². The molecule has 0 aliphatic carbocycles. The number of sulfonamides is 1. The molecule has 0 fully saturated rings. The van der Waals surface area contributed by atoms with Crippen LogP contribution < -0.4 is 15.9 Å². The number of nitrogens with zero attached hydrogens (tertiary/aromatic N) is 2. The molecule has 4 aromatic rings. The number of pyridine rings is 1. The van der Waals surface area contributed by atoms with Gasteiger partial charge in [0.1, 0.15) is 11.2 Å². The van der Waals surface area contributed by atoms with Crippen LogP contribution in [0.25, 0.3) is 16.7 Å². The fraction of sp³-hybridized carbons (Fsp3) is 0.0500. The van der Waals surface area contributed by atoms with Crippen LogP contribution in [-0.2, 0) is 10.0 Å². The van der Waals surface area contributed by atoms with Gasteiger partial charge in [-0.3, -0.25) is 9.59 Å². The minimum atomic E-state index is -3.83. The molecule has 0 aliphatic heterocycles. The van der Waals surface area contributed by atoms with Crippen LogP contribution in [0.2, 0.25) is 0 Å². The van der Waals surface area contributed by atoms with Crippen molar-refractivity contribution < 1.29 is 13.2 Å². The van der Waals surface area contributed by atoms with E-state index < -0.39 is 21.4 Å². The van der Waals surface area contributed by atoms with Gasteiger partial charge in [-0.25, -0.2) is 18.2 Å². The first-order valence-electron chi connectivity index (χ1n) is 8.86. The summed E-state index contributed by atoms with van der Waals surface area (Å²) in [5.41, 5.74) is 1.53. The Morgan fingerprint density at radius 2 is 1.77 bits per heavy atom. The van der Waals surface area contributed by atoms with Crippen LogP contribution in [0.15, 0.2) is 70.5 Å². The van der Waals surface area contributed by atoms with Crippen molar-refractivity contribution in [3.8, 4) is 5.69 Å². The maximum absolute atomic E-state index is 13.0. The summed E-state index contributed by atoms with van der Waals surface area (Å²) >= 11 is 0. The van der Waals surface area contributed by atoms with Crippen molar-refractivity contribution in [1.29, 1.82) is 0 Å². The van der Waals surface area contributed by atoms with Crippen LogP contribution >= 0.6 is 0 Å². The fourth-order valence-corrected chi connectivity index (χ4v) is 3.64. The Balaban J connectivity index is 1.70. The van der Waals surface area contributed by atoms with Gasteiger partial charge < -0.3 is 10.3 Å². The molecule has 0 saturated heterocycles. The summed E-state index contributed by atoms with van der Waals surface area (Å²) in [7, 11) is -3.83. The molecule has 0 bridgehead atoms. The van der Waals surface area contributed by atoms with E-state index in [9.17, 15) is 18.0 Å². The number of aromatic nitrogens is 3. The van der Waals surface area contributed by atoms with Gasteiger partial charge in [0.2, 0.25) is 15.5 Å². The number of nitrogens with one attached hydrogen (secondary N) is 2. The molecule has 152 valence electrons. The van der Waals surface area contributed by atoms with Gasteiger partial charge in [-0.15, -0.1) is 0 Å². The number of hydrogen-bond acceptors (Lipinski definition) is 5. The molecule has 9 nitrogen and oxygen atoms in total. The maximum atomic E-state index is 13.0. The number of carbonyl (C=O) groups is 1. The third-order valence-corrected chi connectivity index (χ3v) is 5.50. The third-order valence-electron chi connectivity index (χ3n) is 4.57. The molecular formula is C20H17N5O4S. The molecule has 2 aromatic carbocycles. The molecule has 0 saturated carbocycles. The number of hydrogen-bond donors (Lipinski definition) is 3. The van der Waals surface area contributed by atoms with Crippen molar-refractivity contribution >= 4 is 32.7 Å². The highest BCUT2D eigenvalue weighted by molar-refractivity contribution is 7.89. The third kappa shape index (κ3) is 3.49. The van der Waals surface area contributed by atoms with E-state index in [1.807, 2.05) is 30.3 Å². The highest BCUT2D eigenvalue weighted by atomic mass is 32.2. The van der Waals surface area contributed by atoms with E-state index in [1.165, 1.54) is 30.5 Å². The minimum Gasteiger partial charge on any atom is -0.345 e.